The number of nitrogens with two attached hydrogens (primary N) is 1. The largest absolute Gasteiger partial charge is 0.378 e. The molecule has 0 aliphatic carbocycles. The van der Waals surface area contributed by atoms with E-state index in [1.165, 1.54) is 0 Å². The van der Waals surface area contributed by atoms with Crippen molar-refractivity contribution in [2.75, 3.05) is 0 Å². The van der Waals surface area contributed by atoms with Gasteiger partial charge < -0.3 is 10.8 Å². The predicted octanol–water partition coefficient (Wildman–Crippen LogP) is 3.28. The van der Waals surface area contributed by atoms with Gasteiger partial charge in [-0.3, -0.25) is 9.48 Å². The van der Waals surface area contributed by atoms with Gasteiger partial charge in [0.05, 0.1) is 17.0 Å². The second-order valence-electron chi connectivity index (χ2n) is 7.23. The van der Waals surface area contributed by atoms with Gasteiger partial charge in [0.1, 0.15) is 5.60 Å². The lowest BCUT2D eigenvalue weighted by atomic mass is 9.94. The Morgan fingerprint density at radius 2 is 1.71 bits per heavy atom. The van der Waals surface area contributed by atoms with Crippen LogP contribution in [0.2, 0.25) is 0 Å². The average molecular weight is 373 g/mol. The fourth-order valence-electron chi connectivity index (χ4n) is 3.16. The number of benzene rings is 2. The van der Waals surface area contributed by atoms with E-state index in [0.29, 0.717) is 17.0 Å². The summed E-state index contributed by atoms with van der Waals surface area (Å²) in [7, 11) is 1.81. The highest BCUT2D eigenvalue weighted by molar-refractivity contribution is 6.02. The van der Waals surface area contributed by atoms with Gasteiger partial charge in [0.2, 0.25) is 0 Å². The van der Waals surface area contributed by atoms with Crippen molar-refractivity contribution in [1.82, 2.24) is 9.78 Å². The molecule has 0 bridgehead atoms. The molecule has 3 aromatic rings. The third-order valence-corrected chi connectivity index (χ3v) is 4.36. The van der Waals surface area contributed by atoms with E-state index in [9.17, 15) is 9.90 Å². The number of rotatable bonds is 3. The highest BCUT2D eigenvalue weighted by Gasteiger charge is 2.21. The van der Waals surface area contributed by atoms with Crippen LogP contribution in [-0.2, 0) is 7.05 Å². The van der Waals surface area contributed by atoms with Crippen LogP contribution < -0.4 is 5.73 Å². The van der Waals surface area contributed by atoms with E-state index in [0.717, 1.165) is 22.3 Å². The summed E-state index contributed by atoms with van der Waals surface area (Å²) < 4.78 is 1.69. The van der Waals surface area contributed by atoms with E-state index in [-0.39, 0.29) is 0 Å². The van der Waals surface area contributed by atoms with Crippen LogP contribution >= 0.6 is 0 Å². The van der Waals surface area contributed by atoms with E-state index in [4.69, 9.17) is 5.73 Å². The normalized spacial score (nSPS) is 11.0. The maximum absolute atomic E-state index is 12.0. The molecular weight excluding hydrogens is 350 g/mol. The second kappa shape index (κ2) is 7.34. The lowest BCUT2D eigenvalue weighted by molar-refractivity contribution is 0.1000. The van der Waals surface area contributed by atoms with Gasteiger partial charge in [0.25, 0.3) is 5.91 Å². The molecule has 3 N–H and O–H groups in total. The number of carbonyl (C=O) groups is 1. The number of carbonyl (C=O) groups excluding carboxylic acids is 1. The van der Waals surface area contributed by atoms with Gasteiger partial charge in [0.15, 0.2) is 0 Å². The van der Waals surface area contributed by atoms with Gasteiger partial charge >= 0.3 is 0 Å². The fraction of sp³-hybridized carbons (Fsp3) is 0.217. The molecule has 1 aromatic heterocycles. The summed E-state index contributed by atoms with van der Waals surface area (Å²) in [5.41, 5.74) is 9.98. The number of hydrogen-bond acceptors (Lipinski definition) is 3. The summed E-state index contributed by atoms with van der Waals surface area (Å²) in [6, 6.07) is 15.6. The molecule has 0 aliphatic rings. The molecule has 1 heterocycles. The quantitative estimate of drug-likeness (QED) is 0.691. The second-order valence-corrected chi connectivity index (χ2v) is 7.23. The molecule has 0 spiro atoms. The number of aliphatic hydroxyl groups is 1. The number of aromatic nitrogens is 2. The molecule has 0 radical (unpaired) electrons. The van der Waals surface area contributed by atoms with Gasteiger partial charge in [-0.2, -0.15) is 5.10 Å². The first-order valence-electron chi connectivity index (χ1n) is 8.96. The van der Waals surface area contributed by atoms with Gasteiger partial charge in [-0.25, -0.2) is 0 Å². The lowest BCUT2D eigenvalue weighted by Gasteiger charge is -2.12. The predicted molar refractivity (Wildman–Crippen MR) is 111 cm³/mol. The highest BCUT2D eigenvalue weighted by atomic mass is 16.3. The lowest BCUT2D eigenvalue weighted by Crippen LogP contribution is -2.14. The average Bonchev–Trinajstić information content (AvgIpc) is 2.94. The van der Waals surface area contributed by atoms with E-state index in [1.807, 2.05) is 48.5 Å². The summed E-state index contributed by atoms with van der Waals surface area (Å²) >= 11 is 0. The molecule has 5 nitrogen and oxygen atoms in total. The standard InChI is InChI=1S/C23H23N3O2/c1-15-20(22(24)27)21(26(4)25-15)19-8-6-5-7-18(19)17-11-9-16(10-12-17)13-14-23(2,3)28/h5-12,28H,1-4H3,(H2,24,27). The zero-order valence-electron chi connectivity index (χ0n) is 16.4. The molecule has 5 heteroatoms. The molecule has 0 fully saturated rings. The third kappa shape index (κ3) is 3.98. The van der Waals surface area contributed by atoms with E-state index in [2.05, 4.69) is 16.9 Å². The van der Waals surface area contributed by atoms with Crippen molar-refractivity contribution in [3.05, 3.63) is 65.4 Å². The molecule has 0 unspecified atom stereocenters. The van der Waals surface area contributed by atoms with Crippen LogP contribution in [0.5, 0.6) is 0 Å². The van der Waals surface area contributed by atoms with Crippen LogP contribution in [0.15, 0.2) is 48.5 Å². The fourth-order valence-corrected chi connectivity index (χ4v) is 3.16. The molecule has 2 aromatic carbocycles. The van der Waals surface area contributed by atoms with Crippen LogP contribution in [0.4, 0.5) is 0 Å². The van der Waals surface area contributed by atoms with Crippen molar-refractivity contribution >= 4 is 5.91 Å². The molecular formula is C23H23N3O2. The van der Waals surface area contributed by atoms with Crippen LogP contribution in [0, 0.1) is 18.8 Å². The summed E-state index contributed by atoms with van der Waals surface area (Å²) in [5, 5.41) is 14.1. The topological polar surface area (TPSA) is 81.1 Å². The van der Waals surface area contributed by atoms with Crippen molar-refractivity contribution in [3.63, 3.8) is 0 Å². The molecule has 0 aliphatic heterocycles. The van der Waals surface area contributed by atoms with Crippen molar-refractivity contribution < 1.29 is 9.90 Å². The smallest absolute Gasteiger partial charge is 0.252 e. The zero-order valence-corrected chi connectivity index (χ0v) is 16.4. The molecule has 0 atom stereocenters. The van der Waals surface area contributed by atoms with Gasteiger partial charge in [-0.15, -0.1) is 0 Å². The highest BCUT2D eigenvalue weighted by Crippen LogP contribution is 2.34. The van der Waals surface area contributed by atoms with Crippen molar-refractivity contribution in [2.24, 2.45) is 12.8 Å². The Morgan fingerprint density at radius 3 is 2.29 bits per heavy atom. The number of nitrogens with zero attached hydrogens (tertiary/aromatic N) is 2. The molecule has 142 valence electrons. The SMILES string of the molecule is Cc1nn(C)c(-c2ccccc2-c2ccc(C#CC(C)(C)O)cc2)c1C(N)=O. The Labute approximate surface area is 164 Å². The minimum Gasteiger partial charge on any atom is -0.378 e. The van der Waals surface area contributed by atoms with Crippen molar-refractivity contribution in [2.45, 2.75) is 26.4 Å². The van der Waals surface area contributed by atoms with Gasteiger partial charge in [0, 0.05) is 18.2 Å². The third-order valence-electron chi connectivity index (χ3n) is 4.36. The van der Waals surface area contributed by atoms with Gasteiger partial charge in [-0.1, -0.05) is 48.2 Å². The summed E-state index contributed by atoms with van der Waals surface area (Å²) in [4.78, 5) is 12.0. The first kappa shape index (κ1) is 19.4. The van der Waals surface area contributed by atoms with Crippen molar-refractivity contribution in [1.29, 1.82) is 0 Å². The molecule has 1 amide bonds. The minimum atomic E-state index is -1.03. The minimum absolute atomic E-state index is 0.433. The Bertz CT molecular complexity index is 1090. The number of primary amides is 1. The van der Waals surface area contributed by atoms with Crippen molar-refractivity contribution in [3.8, 4) is 34.2 Å². The molecule has 0 saturated heterocycles. The van der Waals surface area contributed by atoms with E-state index in [1.54, 1.807) is 32.5 Å². The Hall–Kier alpha value is -3.36. The first-order chi connectivity index (χ1) is 13.2. The summed E-state index contributed by atoms with van der Waals surface area (Å²) in [5.74, 6) is 5.29. The Balaban J connectivity index is 2.10. The number of aryl methyl sites for hydroxylation is 2. The Morgan fingerprint density at radius 1 is 1.11 bits per heavy atom. The van der Waals surface area contributed by atoms with E-state index < -0.39 is 11.5 Å². The molecule has 0 saturated carbocycles. The van der Waals surface area contributed by atoms with Crippen LogP contribution in [0.25, 0.3) is 22.4 Å². The number of hydrogen-bond donors (Lipinski definition) is 2. The van der Waals surface area contributed by atoms with Crippen LogP contribution in [0.1, 0.15) is 35.5 Å². The van der Waals surface area contributed by atoms with E-state index >= 15 is 0 Å². The maximum atomic E-state index is 12.0. The van der Waals surface area contributed by atoms with Crippen LogP contribution in [-0.4, -0.2) is 26.4 Å². The summed E-state index contributed by atoms with van der Waals surface area (Å²) in [6.45, 7) is 5.08. The van der Waals surface area contributed by atoms with Crippen LogP contribution in [0.3, 0.4) is 0 Å². The molecule has 28 heavy (non-hydrogen) atoms. The maximum Gasteiger partial charge on any atom is 0.252 e. The summed E-state index contributed by atoms with van der Waals surface area (Å²) in [6.07, 6.45) is 0. The van der Waals surface area contributed by atoms with Gasteiger partial charge in [-0.05, 0) is 44.0 Å². The first-order valence-corrected chi connectivity index (χ1v) is 8.96. The zero-order chi connectivity index (χ0) is 20.5. The Kier molecular flexibility index (Phi) is 5.08. The monoisotopic (exact) mass is 373 g/mol. The molecule has 3 rings (SSSR count). The number of amides is 1.